The number of halogens is 3. The topological polar surface area (TPSA) is 51.8 Å². The average Bonchev–Trinajstić information content (AvgIpc) is 2.84. The highest BCUT2D eigenvalue weighted by Gasteiger charge is 2.35. The van der Waals surface area contributed by atoms with Crippen molar-refractivity contribution in [3.8, 4) is 11.5 Å². The fourth-order valence-corrected chi connectivity index (χ4v) is 1.93. The zero-order valence-corrected chi connectivity index (χ0v) is 10.8. The Morgan fingerprint density at radius 2 is 2.16 bits per heavy atom. The van der Waals surface area contributed by atoms with E-state index in [-0.39, 0.29) is 11.5 Å². The Morgan fingerprint density at radius 1 is 1.37 bits per heavy atom. The van der Waals surface area contributed by atoms with E-state index in [4.69, 9.17) is 4.52 Å². The number of hydrogen-bond donors (Lipinski definition) is 0. The lowest BCUT2D eigenvalue weighted by Gasteiger charge is -2.08. The molecule has 2 aromatic heterocycles. The van der Waals surface area contributed by atoms with Gasteiger partial charge in [0.2, 0.25) is 0 Å². The fraction of sp³-hybridized carbons (Fsp3) is 0.364. The van der Waals surface area contributed by atoms with Gasteiger partial charge in [-0.2, -0.15) is 29.9 Å². The standard InChI is InChI=1S/C11H10F3N3OS/c1-2-19-6-9-16-10(18-17-9)7-5-15-4-3-8(7)11(12,13)14/h3-5H,2,6H2,1H3. The molecule has 0 aliphatic carbocycles. The first-order valence-electron chi connectivity index (χ1n) is 5.44. The molecule has 102 valence electrons. The van der Waals surface area contributed by atoms with Crippen LogP contribution in [0, 0.1) is 0 Å². The fourth-order valence-electron chi connectivity index (χ4n) is 1.43. The van der Waals surface area contributed by atoms with Gasteiger partial charge in [0.05, 0.1) is 16.9 Å². The number of rotatable bonds is 4. The van der Waals surface area contributed by atoms with Gasteiger partial charge in [0.15, 0.2) is 5.82 Å². The van der Waals surface area contributed by atoms with Crippen LogP contribution in [0.3, 0.4) is 0 Å². The molecule has 8 heteroatoms. The summed E-state index contributed by atoms with van der Waals surface area (Å²) >= 11 is 1.56. The summed E-state index contributed by atoms with van der Waals surface area (Å²) in [5.74, 6) is 1.58. The van der Waals surface area contributed by atoms with Crippen LogP contribution in [0.4, 0.5) is 13.2 Å². The number of pyridine rings is 1. The number of nitrogens with zero attached hydrogens (tertiary/aromatic N) is 3. The summed E-state index contributed by atoms with van der Waals surface area (Å²) < 4.78 is 43.3. The molecule has 2 heterocycles. The van der Waals surface area contributed by atoms with Crippen molar-refractivity contribution in [3.63, 3.8) is 0 Å². The Labute approximate surface area is 111 Å². The van der Waals surface area contributed by atoms with Crippen molar-refractivity contribution in [1.29, 1.82) is 0 Å². The molecule has 2 aromatic rings. The molecule has 0 bridgehead atoms. The van der Waals surface area contributed by atoms with E-state index in [9.17, 15) is 13.2 Å². The van der Waals surface area contributed by atoms with Gasteiger partial charge < -0.3 is 4.52 Å². The number of hydrogen-bond acceptors (Lipinski definition) is 5. The van der Waals surface area contributed by atoms with Gasteiger partial charge in [-0.25, -0.2) is 0 Å². The van der Waals surface area contributed by atoms with Crippen LogP contribution in [-0.2, 0) is 11.9 Å². The van der Waals surface area contributed by atoms with Crippen LogP contribution in [0.5, 0.6) is 0 Å². The van der Waals surface area contributed by atoms with Crippen molar-refractivity contribution >= 4 is 11.8 Å². The SMILES string of the molecule is CCSCc1noc(-c2cnccc2C(F)(F)F)n1. The second-order valence-corrected chi connectivity index (χ2v) is 4.85. The minimum atomic E-state index is -4.48. The van der Waals surface area contributed by atoms with Gasteiger partial charge in [0.1, 0.15) is 0 Å². The third-order valence-electron chi connectivity index (χ3n) is 2.26. The second-order valence-electron chi connectivity index (χ2n) is 3.57. The van der Waals surface area contributed by atoms with E-state index in [0.29, 0.717) is 11.6 Å². The summed E-state index contributed by atoms with van der Waals surface area (Å²) in [6.45, 7) is 1.97. The van der Waals surface area contributed by atoms with Crippen molar-refractivity contribution in [2.45, 2.75) is 18.9 Å². The quantitative estimate of drug-likeness (QED) is 0.863. The molecule has 19 heavy (non-hydrogen) atoms. The van der Waals surface area contributed by atoms with E-state index in [1.165, 1.54) is 0 Å². The lowest BCUT2D eigenvalue weighted by atomic mass is 10.1. The van der Waals surface area contributed by atoms with Gasteiger partial charge in [-0.15, -0.1) is 0 Å². The van der Waals surface area contributed by atoms with Crippen LogP contribution in [0.25, 0.3) is 11.5 Å². The predicted octanol–water partition coefficient (Wildman–Crippen LogP) is 3.40. The van der Waals surface area contributed by atoms with Crippen LogP contribution >= 0.6 is 11.8 Å². The molecule has 0 saturated carbocycles. The van der Waals surface area contributed by atoms with Gasteiger partial charge in [-0.05, 0) is 11.8 Å². The zero-order chi connectivity index (χ0) is 13.9. The Morgan fingerprint density at radius 3 is 2.84 bits per heavy atom. The summed E-state index contributed by atoms with van der Waals surface area (Å²) in [6, 6.07) is 0.889. The molecule has 0 unspecified atom stereocenters. The molecular formula is C11H10F3N3OS. The third kappa shape index (κ3) is 3.25. The monoisotopic (exact) mass is 289 g/mol. The van der Waals surface area contributed by atoms with Crippen LogP contribution in [0.2, 0.25) is 0 Å². The number of aromatic nitrogens is 3. The molecule has 0 amide bonds. The summed E-state index contributed by atoms with van der Waals surface area (Å²) in [5.41, 5.74) is -1.03. The lowest BCUT2D eigenvalue weighted by molar-refractivity contribution is -0.137. The predicted molar refractivity (Wildman–Crippen MR) is 64.4 cm³/mol. The van der Waals surface area contributed by atoms with Crippen LogP contribution in [-0.4, -0.2) is 20.9 Å². The van der Waals surface area contributed by atoms with E-state index >= 15 is 0 Å². The highest BCUT2D eigenvalue weighted by Crippen LogP contribution is 2.35. The maximum atomic E-state index is 12.8. The lowest BCUT2D eigenvalue weighted by Crippen LogP contribution is -2.07. The first kappa shape index (κ1) is 13.9. The summed E-state index contributed by atoms with van der Waals surface area (Å²) in [7, 11) is 0. The Bertz CT molecular complexity index is 556. The Kier molecular flexibility index (Phi) is 4.08. The Hall–Kier alpha value is -1.57. The molecule has 0 radical (unpaired) electrons. The molecule has 0 aromatic carbocycles. The minimum Gasteiger partial charge on any atom is -0.334 e. The van der Waals surface area contributed by atoms with Crippen molar-refractivity contribution in [2.75, 3.05) is 5.75 Å². The first-order valence-corrected chi connectivity index (χ1v) is 6.59. The molecule has 0 spiro atoms. The molecule has 2 rings (SSSR count). The summed E-state index contributed by atoms with van der Waals surface area (Å²) in [5, 5.41) is 3.65. The first-order chi connectivity index (χ1) is 9.02. The van der Waals surface area contributed by atoms with E-state index in [1.54, 1.807) is 11.8 Å². The van der Waals surface area contributed by atoms with Crippen LogP contribution in [0.1, 0.15) is 18.3 Å². The maximum Gasteiger partial charge on any atom is 0.417 e. The summed E-state index contributed by atoms with van der Waals surface area (Å²) in [4.78, 5) is 7.63. The van der Waals surface area contributed by atoms with E-state index < -0.39 is 11.7 Å². The molecule has 0 saturated heterocycles. The van der Waals surface area contributed by atoms with E-state index in [1.807, 2.05) is 6.92 Å². The van der Waals surface area contributed by atoms with Crippen LogP contribution < -0.4 is 0 Å². The highest BCUT2D eigenvalue weighted by molar-refractivity contribution is 7.98. The highest BCUT2D eigenvalue weighted by atomic mass is 32.2. The third-order valence-corrected chi connectivity index (χ3v) is 3.13. The van der Waals surface area contributed by atoms with E-state index in [2.05, 4.69) is 15.1 Å². The maximum absolute atomic E-state index is 12.8. The molecular weight excluding hydrogens is 279 g/mol. The van der Waals surface area contributed by atoms with Gasteiger partial charge in [0.25, 0.3) is 5.89 Å². The van der Waals surface area contributed by atoms with Crippen molar-refractivity contribution in [3.05, 3.63) is 29.8 Å². The van der Waals surface area contributed by atoms with Gasteiger partial charge in [-0.1, -0.05) is 12.1 Å². The number of thioether (sulfide) groups is 1. The average molecular weight is 289 g/mol. The molecule has 4 nitrogen and oxygen atoms in total. The smallest absolute Gasteiger partial charge is 0.334 e. The zero-order valence-electron chi connectivity index (χ0n) is 9.94. The van der Waals surface area contributed by atoms with Crippen molar-refractivity contribution in [2.24, 2.45) is 0 Å². The molecule has 0 aliphatic heterocycles. The summed E-state index contributed by atoms with van der Waals surface area (Å²) in [6.07, 6.45) is -2.32. The second kappa shape index (κ2) is 5.60. The molecule has 0 N–H and O–H groups in total. The normalized spacial score (nSPS) is 11.8. The van der Waals surface area contributed by atoms with E-state index in [0.717, 1.165) is 24.2 Å². The number of alkyl halides is 3. The van der Waals surface area contributed by atoms with Crippen molar-refractivity contribution < 1.29 is 17.7 Å². The van der Waals surface area contributed by atoms with Crippen LogP contribution in [0.15, 0.2) is 23.0 Å². The molecule has 0 atom stereocenters. The largest absolute Gasteiger partial charge is 0.417 e. The molecule has 0 aliphatic rings. The minimum absolute atomic E-state index is 0.160. The van der Waals surface area contributed by atoms with Crippen molar-refractivity contribution in [1.82, 2.24) is 15.1 Å². The van der Waals surface area contributed by atoms with Gasteiger partial charge in [0, 0.05) is 12.4 Å². The molecule has 0 fully saturated rings. The Balaban J connectivity index is 2.34. The van der Waals surface area contributed by atoms with Gasteiger partial charge >= 0.3 is 6.18 Å². The van der Waals surface area contributed by atoms with Gasteiger partial charge in [-0.3, -0.25) is 4.98 Å².